The Balaban J connectivity index is 0.000000138. The molecule has 0 saturated heterocycles. The highest BCUT2D eigenvalue weighted by Crippen LogP contribution is 2.63. The number of nitriles is 1. The smallest absolute Gasteiger partial charge is 0.423 e. The molecule has 4 atom stereocenters. The van der Waals surface area contributed by atoms with Crippen molar-refractivity contribution in [2.45, 2.75) is 76.3 Å². The molecule has 12 rings (SSSR count). The van der Waals surface area contributed by atoms with Crippen molar-refractivity contribution >= 4 is 63.8 Å². The minimum absolute atomic E-state index is 0.0376. The monoisotopic (exact) mass is 1040 g/mol. The van der Waals surface area contributed by atoms with Crippen LogP contribution in [0.1, 0.15) is 74.7 Å². The number of nitrogens with two attached hydrogens (primary N) is 2. The van der Waals surface area contributed by atoms with Crippen molar-refractivity contribution in [1.29, 1.82) is 5.26 Å². The van der Waals surface area contributed by atoms with Crippen LogP contribution in [0.2, 0.25) is 5.02 Å². The predicted molar refractivity (Wildman–Crippen MR) is 263 cm³/mol. The molecule has 4 aliphatic carbocycles. The lowest BCUT2D eigenvalue weighted by Crippen LogP contribution is -2.51. The number of aliphatic imine (C=N–C) groups is 2. The zero-order valence-electron chi connectivity index (χ0n) is 39.0. The van der Waals surface area contributed by atoms with Gasteiger partial charge in [0.15, 0.2) is 23.0 Å². The van der Waals surface area contributed by atoms with Crippen molar-refractivity contribution in [2.24, 2.45) is 32.3 Å². The number of aryl methyl sites for hydroxylation is 4. The molecule has 362 valence electrons. The Hall–Kier alpha value is -6.72. The lowest BCUT2D eigenvalue weighted by atomic mass is 9.61. The summed E-state index contributed by atoms with van der Waals surface area (Å²) in [5.41, 5.74) is 19.0. The van der Waals surface area contributed by atoms with Crippen molar-refractivity contribution in [2.75, 3.05) is 14.1 Å². The van der Waals surface area contributed by atoms with E-state index >= 15 is 0 Å². The number of halogens is 4. The summed E-state index contributed by atoms with van der Waals surface area (Å²) in [5.74, 6) is 0.813. The third kappa shape index (κ3) is 7.39. The number of nitrogens with zero attached hydrogens (tertiary/aromatic N) is 7. The molecule has 0 radical (unpaired) electrons. The van der Waals surface area contributed by atoms with Crippen LogP contribution in [-0.2, 0) is 59.2 Å². The third-order valence-corrected chi connectivity index (χ3v) is 16.1. The lowest BCUT2D eigenvalue weighted by Gasteiger charge is -2.43. The van der Waals surface area contributed by atoms with Gasteiger partial charge in [-0.25, -0.2) is 18.8 Å². The average molecular weight is 1050 g/mol. The number of aromatic nitrogens is 2. The molecule has 15 nitrogen and oxygen atoms in total. The SMILES string of the molecule is Cc1onc2c1CC1(CC2)Cc2ccc(-c3cc(F)cc(C#N)c3)cc2C12N=C(N)N(C)C2=O.Cc1onc2c1CC1(CC2)Cc2ccc(Br)cc2C12N=C(N)N(C)C2=O.OB(O)c1cc(F)cc(Cl)c1. The Labute approximate surface area is 420 Å². The zero-order chi connectivity index (χ0) is 50.5. The van der Waals surface area contributed by atoms with Gasteiger partial charge in [-0.1, -0.05) is 56.0 Å². The standard InChI is InChI=1S/C26H22FN5O2.C19H19BrN4O2.C6H5BClFO2/c1-14-20-12-25(6-5-22(20)31-34-14)11-17-4-3-16(18-7-15(13-28)8-19(27)9-18)10-21(17)26(25)23(33)32(2)24(29)30-26;1-10-13-9-18(6-5-15(13)23-26-10)8-11-3-4-12(20)7-14(11)19(18)16(25)24(2)17(21)22-19;8-5-1-4(7(10)11)2-6(9)3-5/h3-4,7-10H,5-6,11-12H2,1-2H3,(H2,29,30);3-4,7H,5-6,8-9H2,1-2H3,(H2,21,22);1-3,10-11H. The second-order valence-electron chi connectivity index (χ2n) is 19.3. The first-order chi connectivity index (χ1) is 33.7. The van der Waals surface area contributed by atoms with Crippen LogP contribution < -0.4 is 16.9 Å². The highest BCUT2D eigenvalue weighted by atomic mass is 79.9. The maximum atomic E-state index is 14.2. The Morgan fingerprint density at radius 3 is 1.75 bits per heavy atom. The summed E-state index contributed by atoms with van der Waals surface area (Å²) in [5, 5.41) is 35.0. The zero-order valence-corrected chi connectivity index (χ0v) is 41.3. The summed E-state index contributed by atoms with van der Waals surface area (Å²) in [7, 11) is 1.68. The molecule has 6 aromatic rings. The topological polar surface area (TPSA) is 234 Å². The summed E-state index contributed by atoms with van der Waals surface area (Å²) >= 11 is 8.99. The van der Waals surface area contributed by atoms with E-state index in [1.54, 1.807) is 20.2 Å². The summed E-state index contributed by atoms with van der Waals surface area (Å²) in [4.78, 5) is 40.0. The molecule has 0 saturated carbocycles. The Kier molecular flexibility index (Phi) is 11.6. The number of likely N-dealkylation sites (N-methyl/N-ethyl adjacent to an activating group) is 2. The number of guanidine groups is 2. The third-order valence-electron chi connectivity index (χ3n) is 15.4. The van der Waals surface area contributed by atoms with Gasteiger partial charge in [-0.05, 0) is 159 Å². The van der Waals surface area contributed by atoms with E-state index in [-0.39, 0.29) is 45.2 Å². The average Bonchev–Trinajstić information content (AvgIpc) is 4.14. The van der Waals surface area contributed by atoms with Crippen LogP contribution in [0.5, 0.6) is 0 Å². The van der Waals surface area contributed by atoms with Gasteiger partial charge in [0.2, 0.25) is 0 Å². The molecule has 6 N–H and O–H groups in total. The van der Waals surface area contributed by atoms with E-state index in [0.29, 0.717) is 31.2 Å². The summed E-state index contributed by atoms with van der Waals surface area (Å²) < 4.78 is 38.5. The Morgan fingerprint density at radius 1 is 0.732 bits per heavy atom. The number of rotatable bonds is 2. The van der Waals surface area contributed by atoms with Crippen molar-refractivity contribution in [3.63, 3.8) is 0 Å². The van der Waals surface area contributed by atoms with Crippen LogP contribution in [0.25, 0.3) is 11.1 Å². The van der Waals surface area contributed by atoms with Gasteiger partial charge in [0.05, 0.1) is 23.0 Å². The summed E-state index contributed by atoms with van der Waals surface area (Å²) in [6, 6.07) is 21.6. The van der Waals surface area contributed by atoms with E-state index in [2.05, 4.69) is 32.3 Å². The van der Waals surface area contributed by atoms with Crippen molar-refractivity contribution in [1.82, 2.24) is 20.1 Å². The largest absolute Gasteiger partial charge is 0.488 e. The summed E-state index contributed by atoms with van der Waals surface area (Å²) in [6.45, 7) is 3.84. The maximum Gasteiger partial charge on any atom is 0.488 e. The molecule has 2 aromatic heterocycles. The van der Waals surface area contributed by atoms with Gasteiger partial charge in [0, 0.05) is 45.5 Å². The van der Waals surface area contributed by atoms with Gasteiger partial charge in [0.1, 0.15) is 23.2 Å². The second-order valence-corrected chi connectivity index (χ2v) is 20.6. The first-order valence-electron chi connectivity index (χ1n) is 22.9. The highest BCUT2D eigenvalue weighted by molar-refractivity contribution is 9.10. The van der Waals surface area contributed by atoms with Crippen LogP contribution in [0.3, 0.4) is 0 Å². The minimum atomic E-state index is -1.68. The number of carbonyl (C=O) groups excluding carboxylic acids is 2. The normalized spacial score (nSPS) is 24.2. The van der Waals surface area contributed by atoms with Crippen molar-refractivity contribution < 1.29 is 37.5 Å². The predicted octanol–water partition coefficient (Wildman–Crippen LogP) is 5.99. The van der Waals surface area contributed by atoms with E-state index in [0.717, 1.165) is 98.6 Å². The van der Waals surface area contributed by atoms with E-state index in [1.165, 1.54) is 33.6 Å². The number of hydrogen-bond acceptors (Lipinski definition) is 13. The Morgan fingerprint density at radius 2 is 1.25 bits per heavy atom. The fourth-order valence-corrected chi connectivity index (χ4v) is 12.5. The van der Waals surface area contributed by atoms with E-state index < -0.39 is 35.2 Å². The van der Waals surface area contributed by atoms with Gasteiger partial charge in [-0.3, -0.25) is 19.4 Å². The maximum absolute atomic E-state index is 14.2. The molecular weight excluding hydrogens is 999 g/mol. The fourth-order valence-electron chi connectivity index (χ4n) is 11.9. The van der Waals surface area contributed by atoms with Crippen molar-refractivity contribution in [3.8, 4) is 17.2 Å². The lowest BCUT2D eigenvalue weighted by molar-refractivity contribution is -0.136. The first-order valence-corrected chi connectivity index (χ1v) is 24.0. The van der Waals surface area contributed by atoms with Gasteiger partial charge in [-0.15, -0.1) is 0 Å². The van der Waals surface area contributed by atoms with E-state index in [4.69, 9.17) is 52.1 Å². The molecule has 71 heavy (non-hydrogen) atoms. The Bertz CT molecular complexity index is 3340. The van der Waals surface area contributed by atoms with Crippen LogP contribution in [0.15, 0.2) is 96.3 Å². The molecule has 20 heteroatoms. The molecule has 4 unspecified atom stereocenters. The molecule has 0 bridgehead atoms. The molecule has 2 amide bonds. The minimum Gasteiger partial charge on any atom is -0.423 e. The van der Waals surface area contributed by atoms with Crippen LogP contribution in [0.4, 0.5) is 8.78 Å². The van der Waals surface area contributed by atoms with Gasteiger partial charge < -0.3 is 30.6 Å². The van der Waals surface area contributed by atoms with Crippen LogP contribution >= 0.6 is 27.5 Å². The highest BCUT2D eigenvalue weighted by Gasteiger charge is 2.68. The van der Waals surface area contributed by atoms with E-state index in [9.17, 15) is 23.6 Å². The fraction of sp³-hybridized carbons (Fsp3) is 0.314. The van der Waals surface area contributed by atoms with Crippen molar-refractivity contribution in [3.05, 3.63) is 156 Å². The molecule has 4 heterocycles. The van der Waals surface area contributed by atoms with Crippen LogP contribution in [0, 0.1) is 47.6 Å². The molecular formula is C51H46BBrClF2N9O6. The molecule has 4 aromatic carbocycles. The molecule has 4 spiro atoms. The second kappa shape index (κ2) is 17.3. The number of carbonyl (C=O) groups is 2. The molecule has 6 aliphatic rings. The van der Waals surface area contributed by atoms with Crippen LogP contribution in [-0.4, -0.2) is 75.1 Å². The molecule has 0 fully saturated rings. The van der Waals surface area contributed by atoms with E-state index in [1.807, 2.05) is 50.2 Å². The quantitative estimate of drug-likeness (QED) is 0.147. The summed E-state index contributed by atoms with van der Waals surface area (Å²) in [6.07, 6.45) is 5.81. The molecule has 2 aliphatic heterocycles. The first kappa shape index (κ1) is 47.9. The number of fused-ring (bicyclic) bond motifs is 8. The van der Waals surface area contributed by atoms with Gasteiger partial charge >= 0.3 is 7.12 Å². The number of amides is 2. The van der Waals surface area contributed by atoms with Gasteiger partial charge in [0.25, 0.3) is 11.8 Å². The number of benzene rings is 4. The number of hydrogen-bond donors (Lipinski definition) is 4. The van der Waals surface area contributed by atoms with Gasteiger partial charge in [-0.2, -0.15) is 5.26 Å².